The molecule has 0 N–H and O–H groups in total. The van der Waals surface area contributed by atoms with Gasteiger partial charge in [-0.2, -0.15) is 5.10 Å². The van der Waals surface area contributed by atoms with Crippen LogP contribution < -0.4 is 0 Å². The van der Waals surface area contributed by atoms with E-state index in [-0.39, 0.29) is 5.78 Å². The molecule has 0 aliphatic heterocycles. The molecule has 0 radical (unpaired) electrons. The van der Waals surface area contributed by atoms with Gasteiger partial charge >= 0.3 is 0 Å². The maximum atomic E-state index is 11.1. The van der Waals surface area contributed by atoms with Crippen LogP contribution in [0.2, 0.25) is 0 Å². The summed E-state index contributed by atoms with van der Waals surface area (Å²) >= 11 is 0. The zero-order chi connectivity index (χ0) is 8.97. The Labute approximate surface area is 70.9 Å². The number of nitrogens with zero attached hydrogens (tertiary/aromatic N) is 3. The van der Waals surface area contributed by atoms with Crippen LogP contribution in [0.15, 0.2) is 24.8 Å². The van der Waals surface area contributed by atoms with Crippen LogP contribution in [0.1, 0.15) is 13.3 Å². The highest BCUT2D eigenvalue weighted by molar-refractivity contribution is 5.94. The summed E-state index contributed by atoms with van der Waals surface area (Å²) in [4.78, 5) is 14.8. The topological polar surface area (TPSA) is 47.8 Å². The van der Waals surface area contributed by atoms with Crippen molar-refractivity contribution in [2.24, 2.45) is 0 Å². The highest BCUT2D eigenvalue weighted by atomic mass is 16.1. The maximum Gasteiger partial charge on any atom is 0.159 e. The fraction of sp³-hybridized carbons (Fsp3) is 0.375. The third-order valence-electron chi connectivity index (χ3n) is 1.53. The van der Waals surface area contributed by atoms with Crippen molar-refractivity contribution in [3.63, 3.8) is 0 Å². The molecule has 0 saturated heterocycles. The third-order valence-corrected chi connectivity index (χ3v) is 1.53. The van der Waals surface area contributed by atoms with Crippen molar-refractivity contribution in [1.29, 1.82) is 0 Å². The standard InChI is InChI=1S/C8H11N3O/c1-3-8(12)7(2)4-11-6-9-5-10-11/h5-6H,2-4H2,1H3. The summed E-state index contributed by atoms with van der Waals surface area (Å²) in [6.45, 7) is 5.91. The van der Waals surface area contributed by atoms with Crippen LogP contribution in [0.25, 0.3) is 0 Å². The van der Waals surface area contributed by atoms with E-state index in [0.29, 0.717) is 18.5 Å². The molecule has 64 valence electrons. The Balaban J connectivity index is 2.53. The first-order valence-electron chi connectivity index (χ1n) is 3.77. The Kier molecular flexibility index (Phi) is 2.74. The highest BCUT2D eigenvalue weighted by Gasteiger charge is 2.04. The molecule has 0 aromatic carbocycles. The molecule has 4 nitrogen and oxygen atoms in total. The van der Waals surface area contributed by atoms with Crippen molar-refractivity contribution in [3.8, 4) is 0 Å². The van der Waals surface area contributed by atoms with E-state index in [2.05, 4.69) is 16.7 Å². The predicted molar refractivity (Wildman–Crippen MR) is 44.5 cm³/mol. The minimum Gasteiger partial charge on any atom is -0.295 e. The van der Waals surface area contributed by atoms with Gasteiger partial charge in [-0.15, -0.1) is 0 Å². The molecular formula is C8H11N3O. The predicted octanol–water partition coefficient (Wildman–Crippen LogP) is 0.813. The number of allylic oxidation sites excluding steroid dienone is 1. The van der Waals surface area contributed by atoms with E-state index in [1.165, 1.54) is 6.33 Å². The van der Waals surface area contributed by atoms with E-state index in [0.717, 1.165) is 0 Å². The Morgan fingerprint density at radius 1 is 1.67 bits per heavy atom. The van der Waals surface area contributed by atoms with Crippen LogP contribution in [0.3, 0.4) is 0 Å². The third kappa shape index (κ3) is 2.02. The molecule has 0 atom stereocenters. The van der Waals surface area contributed by atoms with Gasteiger partial charge < -0.3 is 0 Å². The lowest BCUT2D eigenvalue weighted by Gasteiger charge is -2.01. The molecule has 0 amide bonds. The van der Waals surface area contributed by atoms with Crippen molar-refractivity contribution < 1.29 is 4.79 Å². The summed E-state index contributed by atoms with van der Waals surface area (Å²) in [5.74, 6) is 0.0745. The first kappa shape index (κ1) is 8.64. The average Bonchev–Trinajstić information content (AvgIpc) is 2.55. The van der Waals surface area contributed by atoms with Crippen LogP contribution in [0, 0.1) is 0 Å². The second-order valence-corrected chi connectivity index (χ2v) is 2.47. The summed E-state index contributed by atoms with van der Waals surface area (Å²) in [5.41, 5.74) is 0.572. The van der Waals surface area contributed by atoms with E-state index >= 15 is 0 Å². The SMILES string of the molecule is C=C(Cn1cncn1)C(=O)CC. The quantitative estimate of drug-likeness (QED) is 0.620. The number of ketones is 1. The van der Waals surface area contributed by atoms with Gasteiger partial charge in [-0.25, -0.2) is 9.67 Å². The van der Waals surface area contributed by atoms with Gasteiger partial charge in [0.25, 0.3) is 0 Å². The van der Waals surface area contributed by atoms with Crippen molar-refractivity contribution in [2.75, 3.05) is 0 Å². The second-order valence-electron chi connectivity index (χ2n) is 2.47. The Morgan fingerprint density at radius 2 is 2.42 bits per heavy atom. The molecule has 1 heterocycles. The van der Waals surface area contributed by atoms with Gasteiger partial charge in [0.15, 0.2) is 5.78 Å². The lowest BCUT2D eigenvalue weighted by Crippen LogP contribution is -2.08. The summed E-state index contributed by atoms with van der Waals surface area (Å²) in [6.07, 6.45) is 3.49. The zero-order valence-corrected chi connectivity index (χ0v) is 7.03. The van der Waals surface area contributed by atoms with Gasteiger partial charge in [-0.1, -0.05) is 13.5 Å². The number of Topliss-reactive ketones (excluding diaryl/α,β-unsaturated/α-hetero) is 1. The van der Waals surface area contributed by atoms with Crippen LogP contribution in [-0.2, 0) is 11.3 Å². The van der Waals surface area contributed by atoms with Gasteiger partial charge in [-0.05, 0) is 0 Å². The van der Waals surface area contributed by atoms with Crippen LogP contribution in [0.4, 0.5) is 0 Å². The van der Waals surface area contributed by atoms with Gasteiger partial charge in [0.05, 0.1) is 6.54 Å². The normalized spacial score (nSPS) is 9.75. The smallest absolute Gasteiger partial charge is 0.159 e. The molecule has 0 bridgehead atoms. The van der Waals surface area contributed by atoms with E-state index in [1.807, 2.05) is 6.92 Å². The number of carbonyl (C=O) groups is 1. The molecule has 1 aromatic rings. The van der Waals surface area contributed by atoms with Crippen LogP contribution in [-0.4, -0.2) is 20.5 Å². The fourth-order valence-electron chi connectivity index (χ4n) is 0.848. The average molecular weight is 165 g/mol. The number of rotatable bonds is 4. The Bertz CT molecular complexity index is 277. The van der Waals surface area contributed by atoms with Gasteiger partial charge in [0.1, 0.15) is 12.7 Å². The fourth-order valence-corrected chi connectivity index (χ4v) is 0.848. The lowest BCUT2D eigenvalue weighted by molar-refractivity contribution is -0.115. The second kappa shape index (κ2) is 3.80. The minimum absolute atomic E-state index is 0.0745. The Morgan fingerprint density at radius 3 is 2.92 bits per heavy atom. The first-order valence-corrected chi connectivity index (χ1v) is 3.77. The van der Waals surface area contributed by atoms with Gasteiger partial charge in [0.2, 0.25) is 0 Å². The largest absolute Gasteiger partial charge is 0.295 e. The Hall–Kier alpha value is -1.45. The maximum absolute atomic E-state index is 11.1. The molecule has 4 heteroatoms. The molecule has 12 heavy (non-hydrogen) atoms. The number of hydrogen-bond donors (Lipinski definition) is 0. The van der Waals surface area contributed by atoms with Crippen molar-refractivity contribution >= 4 is 5.78 Å². The van der Waals surface area contributed by atoms with Crippen molar-refractivity contribution in [2.45, 2.75) is 19.9 Å². The highest BCUT2D eigenvalue weighted by Crippen LogP contribution is 1.99. The molecule has 0 aliphatic carbocycles. The molecule has 1 rings (SSSR count). The number of carbonyl (C=O) groups excluding carboxylic acids is 1. The molecule has 0 saturated carbocycles. The van der Waals surface area contributed by atoms with Crippen LogP contribution in [0.5, 0.6) is 0 Å². The molecule has 0 spiro atoms. The lowest BCUT2D eigenvalue weighted by atomic mass is 10.1. The first-order chi connectivity index (χ1) is 5.74. The number of hydrogen-bond acceptors (Lipinski definition) is 3. The van der Waals surface area contributed by atoms with Crippen molar-refractivity contribution in [1.82, 2.24) is 14.8 Å². The van der Waals surface area contributed by atoms with E-state index < -0.39 is 0 Å². The molecule has 0 aliphatic rings. The van der Waals surface area contributed by atoms with Crippen LogP contribution >= 0.6 is 0 Å². The molecular weight excluding hydrogens is 154 g/mol. The summed E-state index contributed by atoms with van der Waals surface area (Å²) < 4.78 is 1.58. The molecule has 0 unspecified atom stereocenters. The monoisotopic (exact) mass is 165 g/mol. The van der Waals surface area contributed by atoms with E-state index in [9.17, 15) is 4.79 Å². The molecule has 0 fully saturated rings. The van der Waals surface area contributed by atoms with Gasteiger partial charge in [0, 0.05) is 12.0 Å². The molecule has 1 aromatic heterocycles. The zero-order valence-electron chi connectivity index (χ0n) is 7.03. The summed E-state index contributed by atoms with van der Waals surface area (Å²) in [5, 5.41) is 3.87. The summed E-state index contributed by atoms with van der Waals surface area (Å²) in [6, 6.07) is 0. The van der Waals surface area contributed by atoms with E-state index in [4.69, 9.17) is 0 Å². The van der Waals surface area contributed by atoms with Crippen molar-refractivity contribution in [3.05, 3.63) is 24.8 Å². The summed E-state index contributed by atoms with van der Waals surface area (Å²) in [7, 11) is 0. The number of aromatic nitrogens is 3. The minimum atomic E-state index is 0.0745. The van der Waals surface area contributed by atoms with E-state index in [1.54, 1.807) is 11.0 Å². The van der Waals surface area contributed by atoms with Gasteiger partial charge in [-0.3, -0.25) is 4.79 Å².